The Labute approximate surface area is 151 Å². The van der Waals surface area contributed by atoms with Crippen molar-refractivity contribution in [1.29, 1.82) is 0 Å². The molecule has 3 rings (SSSR count). The molecule has 5 heteroatoms. The maximum Gasteiger partial charge on any atom is 0.257 e. The van der Waals surface area contributed by atoms with E-state index in [2.05, 4.69) is 18.7 Å². The molecule has 140 valence electrons. The maximum atomic E-state index is 12.8. The van der Waals surface area contributed by atoms with Crippen LogP contribution in [0.4, 0.5) is 0 Å². The summed E-state index contributed by atoms with van der Waals surface area (Å²) in [5.74, 6) is 1.66. The van der Waals surface area contributed by atoms with Gasteiger partial charge >= 0.3 is 0 Å². The number of methoxy groups -OCH3 is 1. The van der Waals surface area contributed by atoms with E-state index in [9.17, 15) is 4.79 Å². The fourth-order valence-corrected chi connectivity index (χ4v) is 4.71. The number of carbonyl (C=O) groups excluding carboxylic acids is 1. The van der Waals surface area contributed by atoms with Crippen molar-refractivity contribution in [3.8, 4) is 0 Å². The van der Waals surface area contributed by atoms with Gasteiger partial charge in [0.25, 0.3) is 5.91 Å². The van der Waals surface area contributed by atoms with Gasteiger partial charge in [-0.15, -0.1) is 0 Å². The summed E-state index contributed by atoms with van der Waals surface area (Å²) >= 11 is 0. The van der Waals surface area contributed by atoms with Crippen LogP contribution in [0.2, 0.25) is 0 Å². The zero-order valence-electron chi connectivity index (χ0n) is 16.3. The Kier molecular flexibility index (Phi) is 5.26. The molecule has 3 heterocycles. The fourth-order valence-electron chi connectivity index (χ4n) is 4.71. The summed E-state index contributed by atoms with van der Waals surface area (Å²) in [5, 5.41) is 0. The normalized spacial score (nSPS) is 23.8. The molecule has 1 aromatic rings. The molecule has 0 radical (unpaired) electrons. The van der Waals surface area contributed by atoms with Crippen LogP contribution in [0.3, 0.4) is 0 Å². The first-order valence-corrected chi connectivity index (χ1v) is 9.46. The van der Waals surface area contributed by atoms with Crippen molar-refractivity contribution in [3.63, 3.8) is 0 Å². The lowest BCUT2D eigenvalue weighted by Crippen LogP contribution is -2.44. The highest BCUT2D eigenvalue weighted by Gasteiger charge is 2.46. The number of piperidine rings is 1. The topological polar surface area (TPSA) is 45.9 Å². The van der Waals surface area contributed by atoms with Crippen LogP contribution < -0.4 is 0 Å². The molecule has 5 nitrogen and oxygen atoms in total. The van der Waals surface area contributed by atoms with Crippen molar-refractivity contribution in [3.05, 3.63) is 23.2 Å². The number of furan rings is 1. The summed E-state index contributed by atoms with van der Waals surface area (Å²) in [5.41, 5.74) is 1.06. The smallest absolute Gasteiger partial charge is 0.257 e. The van der Waals surface area contributed by atoms with Gasteiger partial charge in [-0.25, -0.2) is 0 Å². The van der Waals surface area contributed by atoms with Crippen molar-refractivity contribution in [2.45, 2.75) is 59.0 Å². The average molecular weight is 348 g/mol. The number of amides is 1. The molecule has 2 saturated heterocycles. The molecule has 25 heavy (non-hydrogen) atoms. The SMILES string of the molecule is COCC1CC2(CCN(C(=O)c3cc(C)oc3C)CC2)CN1C(C)C. The highest BCUT2D eigenvalue weighted by molar-refractivity contribution is 5.95. The first-order chi connectivity index (χ1) is 11.8. The lowest BCUT2D eigenvalue weighted by molar-refractivity contribution is 0.0580. The molecule has 1 amide bonds. The standard InChI is InChI=1S/C20H32N2O3/c1-14(2)22-13-20(11-17(22)12-24-5)6-8-21(9-7-20)19(23)18-10-15(3)25-16(18)4/h10,14,17H,6-9,11-13H2,1-5H3. The molecule has 1 aromatic heterocycles. The molecule has 0 bridgehead atoms. The van der Waals surface area contributed by atoms with Crippen molar-refractivity contribution < 1.29 is 13.9 Å². The van der Waals surface area contributed by atoms with Gasteiger partial charge in [0, 0.05) is 38.8 Å². The van der Waals surface area contributed by atoms with E-state index in [-0.39, 0.29) is 5.91 Å². The number of likely N-dealkylation sites (tertiary alicyclic amines) is 2. The Hall–Kier alpha value is -1.33. The summed E-state index contributed by atoms with van der Waals surface area (Å²) < 4.78 is 11.0. The minimum Gasteiger partial charge on any atom is -0.466 e. The Morgan fingerprint density at radius 1 is 1.36 bits per heavy atom. The Bertz CT molecular complexity index is 614. The summed E-state index contributed by atoms with van der Waals surface area (Å²) in [6.07, 6.45) is 3.35. The summed E-state index contributed by atoms with van der Waals surface area (Å²) in [7, 11) is 1.79. The zero-order valence-corrected chi connectivity index (χ0v) is 16.3. The molecule has 0 saturated carbocycles. The quantitative estimate of drug-likeness (QED) is 0.838. The van der Waals surface area contributed by atoms with Gasteiger partial charge in [0.15, 0.2) is 0 Å². The molecule has 2 aliphatic heterocycles. The van der Waals surface area contributed by atoms with Crippen molar-refractivity contribution >= 4 is 5.91 Å². The minimum absolute atomic E-state index is 0.122. The molecule has 0 N–H and O–H groups in total. The molecule has 1 unspecified atom stereocenters. The highest BCUT2D eigenvalue weighted by atomic mass is 16.5. The number of hydrogen-bond acceptors (Lipinski definition) is 4. The summed E-state index contributed by atoms with van der Waals surface area (Å²) in [6.45, 7) is 11.9. The summed E-state index contributed by atoms with van der Waals surface area (Å²) in [4.78, 5) is 17.4. The Balaban J connectivity index is 1.65. The van der Waals surface area contributed by atoms with Gasteiger partial charge in [-0.3, -0.25) is 9.69 Å². The van der Waals surface area contributed by atoms with E-state index >= 15 is 0 Å². The van der Waals surface area contributed by atoms with Crippen LogP contribution in [0.25, 0.3) is 0 Å². The predicted molar refractivity (Wildman–Crippen MR) is 97.9 cm³/mol. The average Bonchev–Trinajstić information content (AvgIpc) is 3.08. The van der Waals surface area contributed by atoms with E-state index in [1.165, 1.54) is 6.42 Å². The first kappa shape index (κ1) is 18.5. The van der Waals surface area contributed by atoms with E-state index in [1.807, 2.05) is 24.8 Å². The van der Waals surface area contributed by atoms with Gasteiger partial charge in [0.1, 0.15) is 11.5 Å². The van der Waals surface area contributed by atoms with E-state index in [0.29, 0.717) is 17.5 Å². The third-order valence-corrected chi connectivity index (χ3v) is 6.06. The number of ether oxygens (including phenoxy) is 1. The Morgan fingerprint density at radius 3 is 2.56 bits per heavy atom. The number of hydrogen-bond donors (Lipinski definition) is 0. The van der Waals surface area contributed by atoms with Crippen molar-refractivity contribution in [1.82, 2.24) is 9.80 Å². The van der Waals surface area contributed by atoms with Crippen LogP contribution >= 0.6 is 0 Å². The van der Waals surface area contributed by atoms with Gasteiger partial charge in [-0.1, -0.05) is 0 Å². The molecule has 1 atom stereocenters. The van der Waals surface area contributed by atoms with Crippen molar-refractivity contribution in [2.24, 2.45) is 5.41 Å². The second-order valence-corrected chi connectivity index (χ2v) is 8.20. The molecule has 2 fully saturated rings. The first-order valence-electron chi connectivity index (χ1n) is 9.46. The number of rotatable bonds is 4. The molecule has 0 aliphatic carbocycles. The second-order valence-electron chi connectivity index (χ2n) is 8.20. The van der Waals surface area contributed by atoms with Gasteiger partial charge in [0.2, 0.25) is 0 Å². The third kappa shape index (κ3) is 3.63. The molecule has 0 aromatic carbocycles. The van der Waals surface area contributed by atoms with Gasteiger partial charge in [0.05, 0.1) is 12.2 Å². The molecule has 2 aliphatic rings. The highest BCUT2D eigenvalue weighted by Crippen LogP contribution is 2.44. The number of aryl methyl sites for hydroxylation is 2. The van der Waals surface area contributed by atoms with Gasteiger partial charge in [-0.2, -0.15) is 0 Å². The van der Waals surface area contributed by atoms with Crippen LogP contribution in [-0.2, 0) is 4.74 Å². The van der Waals surface area contributed by atoms with E-state index in [4.69, 9.17) is 9.15 Å². The molecular weight excluding hydrogens is 316 g/mol. The van der Waals surface area contributed by atoms with Crippen LogP contribution in [0.15, 0.2) is 10.5 Å². The minimum atomic E-state index is 0.122. The second kappa shape index (κ2) is 7.12. The third-order valence-electron chi connectivity index (χ3n) is 6.06. The lowest BCUT2D eigenvalue weighted by Gasteiger charge is -2.39. The lowest BCUT2D eigenvalue weighted by atomic mass is 9.76. The van der Waals surface area contributed by atoms with E-state index < -0.39 is 0 Å². The maximum absolute atomic E-state index is 12.8. The van der Waals surface area contributed by atoms with Crippen LogP contribution in [0, 0.1) is 19.3 Å². The number of nitrogens with zero attached hydrogens (tertiary/aromatic N) is 2. The van der Waals surface area contributed by atoms with Crippen molar-refractivity contribution in [2.75, 3.05) is 33.4 Å². The molecule has 1 spiro atoms. The van der Waals surface area contributed by atoms with E-state index in [0.717, 1.165) is 56.2 Å². The molecular formula is C20H32N2O3. The Morgan fingerprint density at radius 2 is 2.04 bits per heavy atom. The number of carbonyl (C=O) groups is 1. The van der Waals surface area contributed by atoms with Crippen LogP contribution in [0.1, 0.15) is 55.0 Å². The zero-order chi connectivity index (χ0) is 18.2. The van der Waals surface area contributed by atoms with Crippen LogP contribution in [0.5, 0.6) is 0 Å². The summed E-state index contributed by atoms with van der Waals surface area (Å²) in [6, 6.07) is 2.91. The van der Waals surface area contributed by atoms with E-state index in [1.54, 1.807) is 7.11 Å². The predicted octanol–water partition coefficient (Wildman–Crippen LogP) is 3.25. The monoisotopic (exact) mass is 348 g/mol. The van der Waals surface area contributed by atoms with Gasteiger partial charge < -0.3 is 14.1 Å². The van der Waals surface area contributed by atoms with Crippen LogP contribution in [-0.4, -0.2) is 61.1 Å². The fraction of sp³-hybridized carbons (Fsp3) is 0.750. The largest absolute Gasteiger partial charge is 0.466 e. The van der Waals surface area contributed by atoms with Gasteiger partial charge in [-0.05, 0) is 58.4 Å².